The predicted molar refractivity (Wildman–Crippen MR) is 105 cm³/mol. The molecule has 2 aromatic rings. The molecule has 152 valence electrons. The second kappa shape index (κ2) is 8.31. The minimum atomic E-state index is -0.519. The average molecular weight is 397 g/mol. The van der Waals surface area contributed by atoms with E-state index >= 15 is 0 Å². The van der Waals surface area contributed by atoms with Crippen LogP contribution in [0, 0.1) is 12.1 Å². The van der Waals surface area contributed by atoms with Crippen LogP contribution in [0.4, 0.5) is 0 Å². The van der Waals surface area contributed by atoms with Gasteiger partial charge in [0.25, 0.3) is 0 Å². The Hall–Kier alpha value is -3.40. The van der Waals surface area contributed by atoms with Gasteiger partial charge in [-0.15, -0.1) is 0 Å². The number of carbonyl (C=O) groups is 2. The molecular weight excluding hydrogens is 374 g/mol. The first-order valence-corrected chi connectivity index (χ1v) is 9.10. The van der Waals surface area contributed by atoms with Gasteiger partial charge < -0.3 is 24.3 Å². The van der Waals surface area contributed by atoms with Gasteiger partial charge in [0.15, 0.2) is 11.5 Å². The van der Waals surface area contributed by atoms with Crippen LogP contribution in [0.2, 0.25) is 0 Å². The van der Waals surface area contributed by atoms with E-state index in [4.69, 9.17) is 18.9 Å². The molecule has 1 aliphatic carbocycles. The first-order valence-electron chi connectivity index (χ1n) is 9.10. The van der Waals surface area contributed by atoms with Gasteiger partial charge in [-0.25, -0.2) is 4.79 Å². The van der Waals surface area contributed by atoms with Crippen molar-refractivity contribution in [3.05, 3.63) is 41.0 Å². The normalized spacial score (nSPS) is 14.4. The largest absolute Gasteiger partial charge is 0.493 e. The topological polar surface area (TPSA) is 83.1 Å². The van der Waals surface area contributed by atoms with Gasteiger partial charge in [-0.05, 0) is 36.1 Å². The minimum absolute atomic E-state index is 0.165. The molecule has 0 saturated carbocycles. The van der Waals surface area contributed by atoms with Gasteiger partial charge in [0.05, 0.1) is 34.5 Å². The molecule has 7 nitrogen and oxygen atoms in total. The van der Waals surface area contributed by atoms with Crippen LogP contribution in [-0.2, 0) is 16.0 Å². The maximum atomic E-state index is 12.0. The summed E-state index contributed by atoms with van der Waals surface area (Å²) in [7, 11) is 5.97. The lowest BCUT2D eigenvalue weighted by Gasteiger charge is -2.19. The van der Waals surface area contributed by atoms with Crippen LogP contribution < -0.4 is 19.5 Å². The van der Waals surface area contributed by atoms with Crippen LogP contribution in [0.1, 0.15) is 40.9 Å². The van der Waals surface area contributed by atoms with Gasteiger partial charge in [-0.1, -0.05) is 12.1 Å². The van der Waals surface area contributed by atoms with Gasteiger partial charge in [0, 0.05) is 18.1 Å². The Bertz CT molecular complexity index is 953. The molecule has 0 saturated heterocycles. The second-order valence-corrected chi connectivity index (χ2v) is 6.60. The van der Waals surface area contributed by atoms with Crippen LogP contribution in [0.25, 0.3) is 11.1 Å². The van der Waals surface area contributed by atoms with Crippen molar-refractivity contribution in [3.63, 3.8) is 0 Å². The van der Waals surface area contributed by atoms with Crippen LogP contribution in [0.5, 0.6) is 17.2 Å². The number of fused-ring (bicyclic) bond motifs is 3. The molecule has 0 bridgehead atoms. The maximum Gasteiger partial charge on any atom is 0.346 e. The SMILES string of the molecule is COC(=O)c1c#cc2c(c1)[C@H](NC(C)=O)CCc1cc(OC)c(OC)c(OC)c1-2. The average Bonchev–Trinajstić information content (AvgIpc) is 2.87. The summed E-state index contributed by atoms with van der Waals surface area (Å²) in [5.74, 6) is 0.832. The van der Waals surface area contributed by atoms with Crippen LogP contribution in [0.15, 0.2) is 12.1 Å². The summed E-state index contributed by atoms with van der Waals surface area (Å²) in [6.07, 6.45) is 1.27. The molecule has 1 aliphatic rings. The van der Waals surface area contributed by atoms with E-state index in [0.29, 0.717) is 35.7 Å². The monoisotopic (exact) mass is 397 g/mol. The summed E-state index contributed by atoms with van der Waals surface area (Å²) in [6, 6.07) is 9.22. The summed E-state index contributed by atoms with van der Waals surface area (Å²) >= 11 is 0. The molecule has 1 N–H and O–H groups in total. The van der Waals surface area contributed by atoms with E-state index in [1.807, 2.05) is 6.07 Å². The highest BCUT2D eigenvalue weighted by Gasteiger charge is 2.30. The molecule has 0 aromatic heterocycles. The van der Waals surface area contributed by atoms with Crippen molar-refractivity contribution in [2.75, 3.05) is 28.4 Å². The number of esters is 1. The summed E-state index contributed by atoms with van der Waals surface area (Å²) in [6.45, 7) is 1.46. The number of ether oxygens (including phenoxy) is 4. The van der Waals surface area contributed by atoms with Crippen molar-refractivity contribution < 1.29 is 28.5 Å². The predicted octanol–water partition coefficient (Wildman–Crippen LogP) is 2.89. The van der Waals surface area contributed by atoms with E-state index in [0.717, 1.165) is 16.7 Å². The molecule has 0 heterocycles. The van der Waals surface area contributed by atoms with Crippen molar-refractivity contribution in [1.29, 1.82) is 0 Å². The molecule has 29 heavy (non-hydrogen) atoms. The number of hydrogen-bond acceptors (Lipinski definition) is 6. The van der Waals surface area contributed by atoms with E-state index in [1.165, 1.54) is 14.0 Å². The van der Waals surface area contributed by atoms with Gasteiger partial charge in [-0.3, -0.25) is 4.79 Å². The highest BCUT2D eigenvalue weighted by molar-refractivity contribution is 5.90. The first kappa shape index (κ1) is 20.3. The van der Waals surface area contributed by atoms with Gasteiger partial charge in [0.2, 0.25) is 11.7 Å². The highest BCUT2D eigenvalue weighted by atomic mass is 16.5. The fraction of sp³-hybridized carbons (Fsp3) is 0.364. The Morgan fingerprint density at radius 3 is 2.34 bits per heavy atom. The number of benzene rings is 1. The number of carbonyl (C=O) groups excluding carboxylic acids is 2. The Labute approximate surface area is 169 Å². The molecule has 1 amide bonds. The molecule has 0 radical (unpaired) electrons. The summed E-state index contributed by atoms with van der Waals surface area (Å²) in [5, 5.41) is 2.96. The summed E-state index contributed by atoms with van der Waals surface area (Å²) in [5.41, 5.74) is 3.40. The van der Waals surface area contributed by atoms with Crippen molar-refractivity contribution >= 4 is 11.9 Å². The Morgan fingerprint density at radius 2 is 1.76 bits per heavy atom. The molecule has 3 rings (SSSR count). The smallest absolute Gasteiger partial charge is 0.346 e. The van der Waals surface area contributed by atoms with E-state index < -0.39 is 5.97 Å². The zero-order chi connectivity index (χ0) is 21.1. The van der Waals surface area contributed by atoms with Crippen LogP contribution in [0.3, 0.4) is 0 Å². The second-order valence-electron chi connectivity index (χ2n) is 6.60. The lowest BCUT2D eigenvalue weighted by molar-refractivity contribution is -0.119. The van der Waals surface area contributed by atoms with E-state index in [2.05, 4.69) is 17.4 Å². The Morgan fingerprint density at radius 1 is 1.03 bits per heavy atom. The van der Waals surface area contributed by atoms with Crippen LogP contribution in [-0.4, -0.2) is 40.3 Å². The molecule has 0 aliphatic heterocycles. The van der Waals surface area contributed by atoms with Gasteiger partial charge >= 0.3 is 5.97 Å². The third kappa shape index (κ3) is 3.66. The van der Waals surface area contributed by atoms with Crippen molar-refractivity contribution in [3.8, 4) is 28.4 Å². The Kier molecular flexibility index (Phi) is 5.83. The third-order valence-electron chi connectivity index (χ3n) is 4.93. The van der Waals surface area contributed by atoms with Gasteiger partial charge in [0.1, 0.15) is 5.56 Å². The highest BCUT2D eigenvalue weighted by Crippen LogP contribution is 2.50. The number of amides is 1. The number of methoxy groups -OCH3 is 4. The maximum absolute atomic E-state index is 12.0. The molecule has 7 heteroatoms. The van der Waals surface area contributed by atoms with Gasteiger partial charge in [-0.2, -0.15) is 0 Å². The zero-order valence-electron chi connectivity index (χ0n) is 17.1. The fourth-order valence-corrected chi connectivity index (χ4v) is 3.70. The molecule has 0 spiro atoms. The zero-order valence-corrected chi connectivity index (χ0v) is 17.1. The lowest BCUT2D eigenvalue weighted by atomic mass is 9.94. The first-order chi connectivity index (χ1) is 13.9. The number of aryl methyl sites for hydroxylation is 1. The fourth-order valence-electron chi connectivity index (χ4n) is 3.70. The summed E-state index contributed by atoms with van der Waals surface area (Å²) in [4.78, 5) is 23.9. The van der Waals surface area contributed by atoms with Crippen molar-refractivity contribution in [2.24, 2.45) is 0 Å². The van der Waals surface area contributed by atoms with E-state index in [9.17, 15) is 9.59 Å². The summed E-state index contributed by atoms with van der Waals surface area (Å²) < 4.78 is 21.5. The molecule has 1 atom stereocenters. The number of hydrogen-bond donors (Lipinski definition) is 1. The molecular formula is C22H23NO6. The standard InChI is InChI=1S/C22H23NO6/c1-12(24)23-17-9-7-13-11-18(26-2)20(27-3)21(28-4)19(13)15-8-6-14(10-16(15)17)22(25)29-5/h10-11,17H,7,9H2,1-5H3,(H,23,24)/t17-/m1/s1. The number of rotatable bonds is 5. The van der Waals surface area contributed by atoms with Crippen molar-refractivity contribution in [2.45, 2.75) is 25.8 Å². The minimum Gasteiger partial charge on any atom is -0.493 e. The lowest BCUT2D eigenvalue weighted by Crippen LogP contribution is -2.26. The third-order valence-corrected chi connectivity index (χ3v) is 4.93. The molecule has 0 fully saturated rings. The van der Waals surface area contributed by atoms with Crippen molar-refractivity contribution in [1.82, 2.24) is 5.32 Å². The quantitative estimate of drug-likeness (QED) is 0.781. The van der Waals surface area contributed by atoms with E-state index in [1.54, 1.807) is 27.4 Å². The Balaban J connectivity index is 2.31. The van der Waals surface area contributed by atoms with Crippen LogP contribution >= 0.6 is 0 Å². The van der Waals surface area contributed by atoms with E-state index in [-0.39, 0.29) is 17.5 Å². The molecule has 0 unspecified atom stereocenters. The number of nitrogens with one attached hydrogen (secondary N) is 1. The molecule has 2 aromatic carbocycles.